The molecule has 1 aromatic carbocycles. The molecule has 82 valence electrons. The molecule has 0 heterocycles. The van der Waals surface area contributed by atoms with E-state index in [1.54, 1.807) is 6.92 Å². The first-order valence-corrected chi connectivity index (χ1v) is 6.06. The summed E-state index contributed by atoms with van der Waals surface area (Å²) in [7, 11) is 1.39. The van der Waals surface area contributed by atoms with Crippen LogP contribution in [0, 0.1) is 0 Å². The van der Waals surface area contributed by atoms with Crippen LogP contribution in [0.1, 0.15) is 12.5 Å². The molecule has 0 aliphatic heterocycles. The summed E-state index contributed by atoms with van der Waals surface area (Å²) < 4.78 is 5.09. The van der Waals surface area contributed by atoms with E-state index in [0.29, 0.717) is 6.42 Å². The van der Waals surface area contributed by atoms with E-state index in [4.69, 9.17) is 4.74 Å². The van der Waals surface area contributed by atoms with Gasteiger partial charge < -0.3 is 4.74 Å². The zero-order valence-corrected chi connectivity index (χ0v) is 11.8. The van der Waals surface area contributed by atoms with Gasteiger partial charge in [0.25, 0.3) is 0 Å². The fourth-order valence-electron chi connectivity index (χ4n) is 1.27. The van der Waals surface area contributed by atoms with Gasteiger partial charge in [-0.3, -0.25) is 4.79 Å². The molecule has 0 aliphatic rings. The average molecular weight is 336 g/mol. The molecule has 15 heavy (non-hydrogen) atoms. The second kappa shape index (κ2) is 5.12. The third-order valence-electron chi connectivity index (χ3n) is 2.06. The van der Waals surface area contributed by atoms with E-state index in [-0.39, 0.29) is 5.97 Å². The van der Waals surface area contributed by atoms with Crippen LogP contribution >= 0.6 is 31.9 Å². The summed E-state index contributed by atoms with van der Waals surface area (Å²) in [4.78, 5) is 11.4. The molecule has 4 heteroatoms. The lowest BCUT2D eigenvalue weighted by Crippen LogP contribution is -2.31. The molecule has 0 saturated carbocycles. The Morgan fingerprint density at radius 2 is 1.93 bits per heavy atom. The van der Waals surface area contributed by atoms with Crippen molar-refractivity contribution in [3.8, 4) is 0 Å². The molecule has 0 spiro atoms. The van der Waals surface area contributed by atoms with Gasteiger partial charge in [-0.1, -0.05) is 44.0 Å². The Labute approximate surface area is 106 Å². The van der Waals surface area contributed by atoms with Crippen molar-refractivity contribution in [2.45, 2.75) is 17.7 Å². The zero-order valence-electron chi connectivity index (χ0n) is 8.59. The third-order valence-corrected chi connectivity index (χ3v) is 3.19. The van der Waals surface area contributed by atoms with Gasteiger partial charge in [0.1, 0.15) is 4.32 Å². The number of hydrogen-bond donors (Lipinski definition) is 0. The number of hydrogen-bond acceptors (Lipinski definition) is 2. The van der Waals surface area contributed by atoms with Crippen LogP contribution in [0.3, 0.4) is 0 Å². The van der Waals surface area contributed by atoms with Gasteiger partial charge in [0.15, 0.2) is 0 Å². The Morgan fingerprint density at radius 1 is 1.40 bits per heavy atom. The van der Waals surface area contributed by atoms with Crippen LogP contribution in [0.5, 0.6) is 0 Å². The normalized spacial score (nSPS) is 14.4. The lowest BCUT2D eigenvalue weighted by Gasteiger charge is -2.19. The minimum Gasteiger partial charge on any atom is -0.468 e. The Hall–Kier alpha value is -0.350. The van der Waals surface area contributed by atoms with Crippen molar-refractivity contribution in [1.82, 2.24) is 0 Å². The number of halogens is 2. The van der Waals surface area contributed by atoms with Crippen LogP contribution in [0.15, 0.2) is 28.7 Å². The quantitative estimate of drug-likeness (QED) is 0.625. The summed E-state index contributed by atoms with van der Waals surface area (Å²) in [5, 5.41) is 0. The first kappa shape index (κ1) is 12.7. The molecule has 0 aromatic heterocycles. The first-order valence-electron chi connectivity index (χ1n) is 4.47. The Morgan fingerprint density at radius 3 is 2.40 bits per heavy atom. The number of methoxy groups -OCH3 is 1. The summed E-state index contributed by atoms with van der Waals surface area (Å²) in [6.07, 6.45) is 0.604. The number of esters is 1. The maximum atomic E-state index is 11.4. The third kappa shape index (κ3) is 3.61. The molecular weight excluding hydrogens is 324 g/mol. The average Bonchev–Trinajstić information content (AvgIpc) is 2.20. The molecule has 0 bridgehead atoms. The number of rotatable bonds is 3. The van der Waals surface area contributed by atoms with Gasteiger partial charge in [-0.25, -0.2) is 0 Å². The van der Waals surface area contributed by atoms with Crippen molar-refractivity contribution in [2.24, 2.45) is 0 Å². The summed E-state index contributed by atoms with van der Waals surface area (Å²) in [6.45, 7) is 1.81. The minimum absolute atomic E-state index is 0.259. The summed E-state index contributed by atoms with van der Waals surface area (Å²) in [5.74, 6) is -0.259. The molecule has 2 nitrogen and oxygen atoms in total. The van der Waals surface area contributed by atoms with Gasteiger partial charge in [-0.2, -0.15) is 0 Å². The molecular formula is C11H12Br2O2. The highest BCUT2D eigenvalue weighted by Crippen LogP contribution is 2.25. The van der Waals surface area contributed by atoms with E-state index in [1.807, 2.05) is 24.3 Å². The van der Waals surface area contributed by atoms with Gasteiger partial charge in [0.2, 0.25) is 0 Å². The van der Waals surface area contributed by atoms with Crippen molar-refractivity contribution < 1.29 is 9.53 Å². The van der Waals surface area contributed by atoms with Gasteiger partial charge in [0.05, 0.1) is 7.11 Å². The molecule has 1 rings (SSSR count). The first-order chi connectivity index (χ1) is 6.95. The monoisotopic (exact) mass is 334 g/mol. The Balaban J connectivity index is 2.77. The van der Waals surface area contributed by atoms with Gasteiger partial charge in [-0.15, -0.1) is 0 Å². The lowest BCUT2D eigenvalue weighted by molar-refractivity contribution is -0.142. The summed E-state index contributed by atoms with van der Waals surface area (Å²) >= 11 is 6.74. The van der Waals surface area contributed by atoms with Gasteiger partial charge in [0, 0.05) is 4.47 Å². The highest BCUT2D eigenvalue weighted by Gasteiger charge is 2.31. The van der Waals surface area contributed by atoms with E-state index in [0.717, 1.165) is 10.0 Å². The smallest absolute Gasteiger partial charge is 0.322 e. The zero-order chi connectivity index (χ0) is 11.5. The molecule has 1 atom stereocenters. The fraction of sp³-hybridized carbons (Fsp3) is 0.364. The SMILES string of the molecule is COC(=O)C(C)(Br)Cc1ccc(Br)cc1. The summed E-state index contributed by atoms with van der Waals surface area (Å²) in [6, 6.07) is 7.87. The van der Waals surface area contributed by atoms with Crippen molar-refractivity contribution in [2.75, 3.05) is 7.11 Å². The molecule has 0 fully saturated rings. The van der Waals surface area contributed by atoms with Crippen LogP contribution in [0.2, 0.25) is 0 Å². The van der Waals surface area contributed by atoms with Crippen molar-refractivity contribution in [3.05, 3.63) is 34.3 Å². The maximum absolute atomic E-state index is 11.4. The second-order valence-electron chi connectivity index (χ2n) is 3.49. The predicted octanol–water partition coefficient (Wildman–Crippen LogP) is 3.32. The van der Waals surface area contributed by atoms with Crippen molar-refractivity contribution in [3.63, 3.8) is 0 Å². The van der Waals surface area contributed by atoms with E-state index < -0.39 is 4.32 Å². The van der Waals surface area contributed by atoms with E-state index in [1.165, 1.54) is 7.11 Å². The standard InChI is InChI=1S/C11H12Br2O2/c1-11(13,10(14)15-2)7-8-3-5-9(12)6-4-8/h3-6H,7H2,1-2H3. The molecule has 0 saturated heterocycles. The molecule has 0 amide bonds. The lowest BCUT2D eigenvalue weighted by atomic mass is 10.0. The highest BCUT2D eigenvalue weighted by atomic mass is 79.9. The van der Waals surface area contributed by atoms with Gasteiger partial charge in [-0.05, 0) is 31.0 Å². The maximum Gasteiger partial charge on any atom is 0.322 e. The fourth-order valence-corrected chi connectivity index (χ4v) is 2.02. The van der Waals surface area contributed by atoms with E-state index in [2.05, 4.69) is 31.9 Å². The predicted molar refractivity (Wildman–Crippen MR) is 67.2 cm³/mol. The number of carbonyl (C=O) groups is 1. The summed E-state index contributed by atoms with van der Waals surface area (Å²) in [5.41, 5.74) is 1.09. The van der Waals surface area contributed by atoms with Crippen LogP contribution in [0.25, 0.3) is 0 Å². The number of benzene rings is 1. The number of alkyl halides is 1. The van der Waals surface area contributed by atoms with E-state index in [9.17, 15) is 4.79 Å². The molecule has 1 aromatic rings. The Kier molecular flexibility index (Phi) is 4.34. The largest absolute Gasteiger partial charge is 0.468 e. The molecule has 0 radical (unpaired) electrons. The van der Waals surface area contributed by atoms with Crippen LogP contribution < -0.4 is 0 Å². The second-order valence-corrected chi connectivity index (χ2v) is 6.16. The minimum atomic E-state index is -0.657. The Bertz CT molecular complexity index is 344. The molecule has 0 aliphatic carbocycles. The molecule has 1 unspecified atom stereocenters. The van der Waals surface area contributed by atoms with Crippen molar-refractivity contribution in [1.29, 1.82) is 0 Å². The van der Waals surface area contributed by atoms with Crippen molar-refractivity contribution >= 4 is 37.8 Å². The topological polar surface area (TPSA) is 26.3 Å². The van der Waals surface area contributed by atoms with Gasteiger partial charge >= 0.3 is 5.97 Å². The van der Waals surface area contributed by atoms with Crippen LogP contribution in [0.4, 0.5) is 0 Å². The number of carbonyl (C=O) groups excluding carboxylic acids is 1. The van der Waals surface area contributed by atoms with Crippen LogP contribution in [-0.2, 0) is 16.0 Å². The highest BCUT2D eigenvalue weighted by molar-refractivity contribution is 9.10. The molecule has 0 N–H and O–H groups in total. The van der Waals surface area contributed by atoms with Crippen LogP contribution in [-0.4, -0.2) is 17.4 Å². The van der Waals surface area contributed by atoms with E-state index >= 15 is 0 Å². The number of ether oxygens (including phenoxy) is 1.